The van der Waals surface area contributed by atoms with Crippen LogP contribution >= 0.6 is 0 Å². The number of phenols is 1. The topological polar surface area (TPSA) is 130 Å². The van der Waals surface area contributed by atoms with Gasteiger partial charge in [-0.3, -0.25) is 4.90 Å². The van der Waals surface area contributed by atoms with Gasteiger partial charge in [0.25, 0.3) is 0 Å². The number of aliphatic hydroxyl groups is 2. The lowest BCUT2D eigenvalue weighted by Crippen LogP contribution is -2.70. The normalized spacial score (nSPS) is 25.2. The molecule has 2 aliphatic carbocycles. The summed E-state index contributed by atoms with van der Waals surface area (Å²) in [5.74, 6) is -1.14. The van der Waals surface area contributed by atoms with E-state index < -0.39 is 23.8 Å². The maximum Gasteiger partial charge on any atom is 0.410 e. The quantitative estimate of drug-likeness (QED) is 0.0724. The summed E-state index contributed by atoms with van der Waals surface area (Å²) in [4.78, 5) is 21.9. The Balaban J connectivity index is 1.73. The van der Waals surface area contributed by atoms with Gasteiger partial charge in [-0.2, -0.15) is 0 Å². The molecule has 52 heavy (non-hydrogen) atoms. The number of unbranched alkanes of at least 4 members (excludes halogenated alkanes) is 2. The van der Waals surface area contributed by atoms with Crippen LogP contribution in [0.15, 0.2) is 90.6 Å². The Labute approximate surface area is 308 Å². The average molecular weight is 717 g/mol. The molecule has 1 aliphatic heterocycles. The van der Waals surface area contributed by atoms with Crippen LogP contribution < -0.4 is 4.74 Å². The SMILES string of the molecule is C=CCCOC(=O)N(CCC)C1CC(=NOCc2ccccc2)C2=CC(CCCCO)C(CCCCO)C3c4cc(O)ccc4OC1(OCC=C)C23. The van der Waals surface area contributed by atoms with Crippen LogP contribution in [0.25, 0.3) is 0 Å². The largest absolute Gasteiger partial charge is 0.508 e. The molecule has 0 saturated heterocycles. The second-order valence-electron chi connectivity index (χ2n) is 13.9. The number of carbonyl (C=O) groups excluding carboxylic acids is 1. The number of fused-ring (bicyclic) bond motifs is 2. The number of ether oxygens (including phenoxy) is 3. The zero-order chi connectivity index (χ0) is 36.9. The third-order valence-corrected chi connectivity index (χ3v) is 10.5. The minimum Gasteiger partial charge on any atom is -0.508 e. The van der Waals surface area contributed by atoms with Crippen molar-refractivity contribution in [3.05, 3.63) is 96.6 Å². The van der Waals surface area contributed by atoms with E-state index >= 15 is 0 Å². The third-order valence-electron chi connectivity index (χ3n) is 10.5. The van der Waals surface area contributed by atoms with Gasteiger partial charge in [-0.05, 0) is 79.7 Å². The summed E-state index contributed by atoms with van der Waals surface area (Å²) in [6.45, 7) is 11.0. The summed E-state index contributed by atoms with van der Waals surface area (Å²) >= 11 is 0. The number of rotatable bonds is 20. The first-order valence-corrected chi connectivity index (χ1v) is 18.9. The summed E-state index contributed by atoms with van der Waals surface area (Å²) in [6, 6.07) is 14.4. The van der Waals surface area contributed by atoms with Crippen molar-refractivity contribution in [2.75, 3.05) is 33.0 Å². The van der Waals surface area contributed by atoms with Gasteiger partial charge in [0.1, 0.15) is 24.1 Å². The second kappa shape index (κ2) is 19.1. The number of amides is 1. The van der Waals surface area contributed by atoms with Gasteiger partial charge in [0.15, 0.2) is 0 Å². The van der Waals surface area contributed by atoms with Gasteiger partial charge in [-0.25, -0.2) is 4.79 Å². The number of phenolic OH excluding ortho intramolecular Hbond substituents is 1. The van der Waals surface area contributed by atoms with Crippen LogP contribution in [-0.4, -0.2) is 76.8 Å². The van der Waals surface area contributed by atoms with Gasteiger partial charge in [-0.1, -0.05) is 73.5 Å². The lowest BCUT2D eigenvalue weighted by molar-refractivity contribution is -0.255. The van der Waals surface area contributed by atoms with E-state index in [-0.39, 0.29) is 63.0 Å². The summed E-state index contributed by atoms with van der Waals surface area (Å²) in [7, 11) is 0. The van der Waals surface area contributed by atoms with E-state index in [1.54, 1.807) is 35.3 Å². The average Bonchev–Trinajstić information content (AvgIpc) is 3.15. The van der Waals surface area contributed by atoms with Crippen molar-refractivity contribution in [2.24, 2.45) is 22.9 Å². The number of benzene rings is 2. The van der Waals surface area contributed by atoms with Crippen molar-refractivity contribution in [2.45, 2.75) is 89.1 Å². The number of hydrogen-bond acceptors (Lipinski definition) is 9. The van der Waals surface area contributed by atoms with Crippen LogP contribution in [0.4, 0.5) is 4.79 Å². The molecule has 5 rings (SSSR count). The molecule has 0 radical (unpaired) electrons. The van der Waals surface area contributed by atoms with Crippen LogP contribution in [0, 0.1) is 17.8 Å². The van der Waals surface area contributed by atoms with E-state index in [0.29, 0.717) is 43.7 Å². The molecule has 1 fully saturated rings. The van der Waals surface area contributed by atoms with E-state index in [1.165, 1.54) is 0 Å². The van der Waals surface area contributed by atoms with Gasteiger partial charge in [0.2, 0.25) is 5.79 Å². The predicted molar refractivity (Wildman–Crippen MR) is 201 cm³/mol. The molecule has 0 aromatic heterocycles. The Kier molecular flexibility index (Phi) is 14.4. The maximum atomic E-state index is 14.1. The molecule has 1 heterocycles. The fraction of sp³-hybridized carbons (Fsp3) is 0.524. The van der Waals surface area contributed by atoms with E-state index in [2.05, 4.69) is 19.2 Å². The number of nitrogens with zero attached hydrogens (tertiary/aromatic N) is 2. The summed E-state index contributed by atoms with van der Waals surface area (Å²) in [5.41, 5.74) is 3.50. The Morgan fingerprint density at radius 2 is 1.83 bits per heavy atom. The first-order valence-electron chi connectivity index (χ1n) is 18.9. The lowest BCUT2D eigenvalue weighted by atomic mass is 9.55. The van der Waals surface area contributed by atoms with Crippen LogP contribution in [-0.2, 0) is 20.9 Å². The van der Waals surface area contributed by atoms with E-state index in [9.17, 15) is 20.1 Å². The predicted octanol–water partition coefficient (Wildman–Crippen LogP) is 7.65. The van der Waals surface area contributed by atoms with Gasteiger partial charge >= 0.3 is 6.09 Å². The first-order chi connectivity index (χ1) is 25.4. The fourth-order valence-electron chi connectivity index (χ4n) is 8.34. The van der Waals surface area contributed by atoms with Crippen molar-refractivity contribution in [1.29, 1.82) is 0 Å². The molecule has 10 nitrogen and oxygen atoms in total. The van der Waals surface area contributed by atoms with Gasteiger partial charge < -0.3 is 34.4 Å². The molecule has 1 saturated carbocycles. The molecular formula is C42H56N2O8. The first kappa shape index (κ1) is 39.1. The molecule has 2 aromatic carbocycles. The highest BCUT2D eigenvalue weighted by molar-refractivity contribution is 6.03. The molecule has 6 atom stereocenters. The molecule has 2 aromatic rings. The summed E-state index contributed by atoms with van der Waals surface area (Å²) in [5, 5.41) is 35.2. The van der Waals surface area contributed by atoms with Crippen LogP contribution in [0.5, 0.6) is 11.5 Å². The lowest BCUT2D eigenvalue weighted by Gasteiger charge is -2.59. The van der Waals surface area contributed by atoms with Crippen molar-refractivity contribution < 1.29 is 39.2 Å². The highest BCUT2D eigenvalue weighted by Gasteiger charge is 2.65. The Bertz CT molecular complexity index is 1540. The van der Waals surface area contributed by atoms with Crippen molar-refractivity contribution >= 4 is 11.8 Å². The molecule has 10 heteroatoms. The molecular weight excluding hydrogens is 660 g/mol. The number of allylic oxidation sites excluding steroid dienone is 1. The van der Waals surface area contributed by atoms with Crippen molar-refractivity contribution in [1.82, 2.24) is 4.90 Å². The van der Waals surface area contributed by atoms with Crippen LogP contribution in [0.3, 0.4) is 0 Å². The van der Waals surface area contributed by atoms with Gasteiger partial charge in [0, 0.05) is 37.7 Å². The van der Waals surface area contributed by atoms with Crippen LogP contribution in [0.1, 0.15) is 81.8 Å². The molecule has 0 bridgehead atoms. The third kappa shape index (κ3) is 8.73. The van der Waals surface area contributed by atoms with Crippen molar-refractivity contribution in [3.63, 3.8) is 0 Å². The highest BCUT2D eigenvalue weighted by atomic mass is 16.7. The molecule has 3 aliphatic rings. The van der Waals surface area contributed by atoms with Gasteiger partial charge in [0.05, 0.1) is 24.8 Å². The number of hydrogen-bond donors (Lipinski definition) is 3. The van der Waals surface area contributed by atoms with E-state index in [1.807, 2.05) is 37.3 Å². The van der Waals surface area contributed by atoms with E-state index in [4.69, 9.17) is 24.2 Å². The summed E-state index contributed by atoms with van der Waals surface area (Å²) < 4.78 is 19.8. The zero-order valence-corrected chi connectivity index (χ0v) is 30.5. The highest BCUT2D eigenvalue weighted by Crippen LogP contribution is 2.61. The zero-order valence-electron chi connectivity index (χ0n) is 30.5. The molecule has 3 N–H and O–H groups in total. The minimum atomic E-state index is -1.37. The van der Waals surface area contributed by atoms with Crippen molar-refractivity contribution in [3.8, 4) is 11.5 Å². The van der Waals surface area contributed by atoms with Gasteiger partial charge in [-0.15, -0.1) is 13.2 Å². The standard InChI is InChI=1S/C42H56N2O8/c1-4-7-25-49-41(48)44(21-5-2)38-28-36(43-51-29-30-15-9-8-10-16-30)34-26-31(17-11-13-22-45)33(18-12-14-23-46)39-35-27-32(47)19-20-37(35)52-42(38,40(34)39)50-24-6-3/h4,6,8-10,15-16,19-20,26-27,31,33,38-40,45-47H,1,3,5,7,11-14,17-18,21-25,28-29H2,2H3. The summed E-state index contributed by atoms with van der Waals surface area (Å²) in [6.07, 6.45) is 11.4. The molecule has 6 unspecified atom stereocenters. The Hall–Kier alpha value is -4.12. The van der Waals surface area contributed by atoms with Crippen LogP contribution in [0.2, 0.25) is 0 Å². The Morgan fingerprint density at radius 1 is 1.06 bits per heavy atom. The van der Waals surface area contributed by atoms with E-state index in [0.717, 1.165) is 42.4 Å². The Morgan fingerprint density at radius 3 is 2.54 bits per heavy atom. The maximum absolute atomic E-state index is 14.1. The number of aromatic hydroxyl groups is 1. The number of oxime groups is 1. The fourth-order valence-corrected chi connectivity index (χ4v) is 8.34. The number of carbonyl (C=O) groups is 1. The second-order valence-corrected chi connectivity index (χ2v) is 13.9. The molecule has 0 spiro atoms. The molecule has 282 valence electrons. The monoisotopic (exact) mass is 716 g/mol. The number of aliphatic hydroxyl groups excluding tert-OH is 2. The molecule has 1 amide bonds. The smallest absolute Gasteiger partial charge is 0.410 e. The minimum absolute atomic E-state index is 0.0690.